The first-order valence-corrected chi connectivity index (χ1v) is 7.56. The molecule has 23 heavy (non-hydrogen) atoms. The Bertz CT molecular complexity index is 552. The van der Waals surface area contributed by atoms with E-state index in [1.54, 1.807) is 24.3 Å². The first kappa shape index (κ1) is 22.0. The molecule has 0 amide bonds. The summed E-state index contributed by atoms with van der Waals surface area (Å²) in [5.74, 6) is 0.278. The van der Waals surface area contributed by atoms with E-state index in [-0.39, 0.29) is 49.6 Å². The van der Waals surface area contributed by atoms with Gasteiger partial charge in [-0.1, -0.05) is 101 Å². The van der Waals surface area contributed by atoms with Gasteiger partial charge in [-0.3, -0.25) is 0 Å². The maximum absolute atomic E-state index is 11.3. The van der Waals surface area contributed by atoms with Crippen LogP contribution in [0.3, 0.4) is 0 Å². The van der Waals surface area contributed by atoms with E-state index in [0.29, 0.717) is 0 Å². The molecule has 0 N–H and O–H groups in total. The molecule has 0 saturated heterocycles. The van der Waals surface area contributed by atoms with Crippen LogP contribution in [0.25, 0.3) is 0 Å². The van der Waals surface area contributed by atoms with E-state index in [1.807, 2.05) is 65.8 Å². The van der Waals surface area contributed by atoms with Gasteiger partial charge in [0.15, 0.2) is 0 Å². The zero-order chi connectivity index (χ0) is 17.0. The third-order valence-electron chi connectivity index (χ3n) is 3.39. The summed E-state index contributed by atoms with van der Waals surface area (Å²) in [6.07, 6.45) is 0. The van der Waals surface area contributed by atoms with Crippen LogP contribution in [0.15, 0.2) is 48.5 Å². The molecule has 0 heterocycles. The number of hydrogen-bond donors (Lipinski definition) is 0. The topological polar surface area (TPSA) is 46.1 Å². The fourth-order valence-corrected chi connectivity index (χ4v) is 2.17. The Balaban J connectivity index is 0.000000403. The predicted molar refractivity (Wildman–Crippen MR) is 89.2 cm³/mol. The van der Waals surface area contributed by atoms with Crippen molar-refractivity contribution in [1.29, 1.82) is 0 Å². The maximum Gasteiger partial charge on any atom is 2.00 e. The van der Waals surface area contributed by atoms with Crippen molar-refractivity contribution in [3.63, 3.8) is 0 Å². The van der Waals surface area contributed by atoms with Gasteiger partial charge in [0.1, 0.15) is 0 Å². The van der Waals surface area contributed by atoms with Gasteiger partial charge in [-0.15, -0.1) is 11.5 Å². The Morgan fingerprint density at radius 3 is 1.00 bits per heavy atom. The molecule has 0 aliphatic rings. The molecule has 2 rings (SSSR count). The molecular formula is C20H26CdO2. The van der Waals surface area contributed by atoms with Crippen molar-refractivity contribution in [3.05, 3.63) is 59.7 Å². The van der Waals surface area contributed by atoms with E-state index in [0.717, 1.165) is 11.1 Å². The van der Waals surface area contributed by atoms with Crippen molar-refractivity contribution >= 4 is 0 Å². The summed E-state index contributed by atoms with van der Waals surface area (Å²) in [5.41, 5.74) is 1.72. The van der Waals surface area contributed by atoms with Crippen LogP contribution in [0.1, 0.15) is 52.7 Å². The van der Waals surface area contributed by atoms with E-state index in [1.165, 1.54) is 0 Å². The molecule has 0 bridgehead atoms. The molecule has 2 nitrogen and oxygen atoms in total. The van der Waals surface area contributed by atoms with E-state index < -0.39 is 0 Å². The minimum Gasteiger partial charge on any atom is -0.872 e. The number of rotatable bonds is 0. The number of para-hydroxylation sites is 2. The molecule has 0 aromatic heterocycles. The van der Waals surface area contributed by atoms with Gasteiger partial charge in [-0.25, -0.2) is 0 Å². The summed E-state index contributed by atoms with van der Waals surface area (Å²) in [7, 11) is 0. The third kappa shape index (κ3) is 6.94. The fourth-order valence-electron chi connectivity index (χ4n) is 2.17. The Kier molecular flexibility index (Phi) is 8.32. The summed E-state index contributed by atoms with van der Waals surface area (Å²) >= 11 is 0. The monoisotopic (exact) mass is 412 g/mol. The Labute approximate surface area is 160 Å². The zero-order valence-corrected chi connectivity index (χ0v) is 19.2. The molecule has 2 aromatic rings. The van der Waals surface area contributed by atoms with Crippen molar-refractivity contribution in [2.75, 3.05) is 0 Å². The average molecular weight is 411 g/mol. The molecule has 0 spiro atoms. The summed E-state index contributed by atoms with van der Waals surface area (Å²) in [6.45, 7) is 12.3. The Morgan fingerprint density at radius 1 is 0.565 bits per heavy atom. The molecule has 3 heteroatoms. The van der Waals surface area contributed by atoms with Crippen LogP contribution in [0.4, 0.5) is 0 Å². The van der Waals surface area contributed by atoms with Crippen molar-refractivity contribution in [3.8, 4) is 11.5 Å². The van der Waals surface area contributed by atoms with E-state index in [2.05, 4.69) is 0 Å². The Morgan fingerprint density at radius 2 is 0.826 bits per heavy atom. The molecule has 0 radical (unpaired) electrons. The second-order valence-electron chi connectivity index (χ2n) is 7.49. The average Bonchev–Trinajstić information content (AvgIpc) is 2.37. The largest absolute Gasteiger partial charge is 2.00 e. The van der Waals surface area contributed by atoms with Gasteiger partial charge in [-0.2, -0.15) is 0 Å². The van der Waals surface area contributed by atoms with Crippen LogP contribution in [-0.2, 0) is 38.1 Å². The molecular weight excluding hydrogens is 385 g/mol. The quantitative estimate of drug-likeness (QED) is 0.613. The van der Waals surface area contributed by atoms with E-state index in [4.69, 9.17) is 0 Å². The predicted octanol–water partition coefficient (Wildman–Crippen LogP) is 4.11. The van der Waals surface area contributed by atoms with Crippen LogP contribution < -0.4 is 10.2 Å². The SMILES string of the molecule is CC(C)(C)c1ccccc1[O-].CC(C)(C)c1ccccc1[O-].[Cd+2]. The first-order chi connectivity index (χ1) is 10.0. The van der Waals surface area contributed by atoms with Crippen LogP contribution in [0.5, 0.6) is 11.5 Å². The van der Waals surface area contributed by atoms with Crippen molar-refractivity contribution in [1.82, 2.24) is 0 Å². The summed E-state index contributed by atoms with van der Waals surface area (Å²) < 4.78 is 0. The second-order valence-corrected chi connectivity index (χ2v) is 7.49. The molecule has 0 unspecified atom stereocenters. The molecule has 0 aliphatic heterocycles. The molecule has 0 aliphatic carbocycles. The molecule has 0 atom stereocenters. The minimum absolute atomic E-state index is 0. The van der Waals surface area contributed by atoms with Gasteiger partial charge < -0.3 is 10.2 Å². The van der Waals surface area contributed by atoms with Crippen molar-refractivity contribution in [2.24, 2.45) is 0 Å². The molecule has 2 aromatic carbocycles. The Hall–Kier alpha value is -1.04. The van der Waals surface area contributed by atoms with Gasteiger partial charge in [-0.05, 0) is 10.8 Å². The summed E-state index contributed by atoms with van der Waals surface area (Å²) in [4.78, 5) is 0. The maximum atomic E-state index is 11.3. The molecule has 120 valence electrons. The number of benzene rings is 2. The molecule has 0 saturated carbocycles. The van der Waals surface area contributed by atoms with Gasteiger partial charge in [0.05, 0.1) is 0 Å². The van der Waals surface area contributed by atoms with E-state index >= 15 is 0 Å². The third-order valence-corrected chi connectivity index (χ3v) is 3.39. The molecule has 0 fully saturated rings. The summed E-state index contributed by atoms with van der Waals surface area (Å²) in [6, 6.07) is 14.4. The normalized spacial score (nSPS) is 11.0. The van der Waals surface area contributed by atoms with Gasteiger partial charge in [0.2, 0.25) is 0 Å². The van der Waals surface area contributed by atoms with E-state index in [9.17, 15) is 10.2 Å². The fraction of sp³-hybridized carbons (Fsp3) is 0.400. The van der Waals surface area contributed by atoms with Gasteiger partial charge >= 0.3 is 27.3 Å². The zero-order valence-electron chi connectivity index (χ0n) is 15.1. The van der Waals surface area contributed by atoms with Crippen LogP contribution >= 0.6 is 0 Å². The minimum atomic E-state index is -0.0294. The number of hydrogen-bond acceptors (Lipinski definition) is 2. The van der Waals surface area contributed by atoms with Crippen LogP contribution in [-0.4, -0.2) is 0 Å². The van der Waals surface area contributed by atoms with Crippen LogP contribution in [0, 0.1) is 0 Å². The van der Waals surface area contributed by atoms with Gasteiger partial charge in [0, 0.05) is 0 Å². The van der Waals surface area contributed by atoms with Crippen LogP contribution in [0.2, 0.25) is 0 Å². The smallest absolute Gasteiger partial charge is 0.872 e. The second kappa shape index (κ2) is 8.71. The first-order valence-electron chi connectivity index (χ1n) is 7.56. The summed E-state index contributed by atoms with van der Waals surface area (Å²) in [5, 5.41) is 22.5. The standard InChI is InChI=1S/2C10H14O.Cd/c2*1-10(2,3)8-6-4-5-7-9(8)11;/h2*4-7,11H,1-3H3;/q;;+2/p-2. The van der Waals surface area contributed by atoms with Crippen molar-refractivity contribution < 1.29 is 37.5 Å². The van der Waals surface area contributed by atoms with Crippen molar-refractivity contribution in [2.45, 2.75) is 52.4 Å². The van der Waals surface area contributed by atoms with Gasteiger partial charge in [0.25, 0.3) is 0 Å².